The first-order chi connectivity index (χ1) is 5.92. The molecule has 2 aromatic heterocycles. The minimum Gasteiger partial charge on any atom is -0.411 e. The summed E-state index contributed by atoms with van der Waals surface area (Å²) in [4.78, 5) is 0. The van der Waals surface area contributed by atoms with Crippen LogP contribution in [0.3, 0.4) is 0 Å². The molecule has 0 atom stereocenters. The van der Waals surface area contributed by atoms with Gasteiger partial charge in [0.2, 0.25) is 0 Å². The number of hydrogen-bond acceptors (Lipinski definition) is 2. The minimum atomic E-state index is 0.915. The first-order valence-electron chi connectivity index (χ1n) is 3.65. The zero-order valence-electron chi connectivity index (χ0n) is 6.38. The Balaban J connectivity index is 2.70. The van der Waals surface area contributed by atoms with Gasteiger partial charge in [0.25, 0.3) is 0 Å². The fraction of sp³-hybridized carbons (Fsp3) is 0. The molecule has 3 nitrogen and oxygen atoms in total. The van der Waals surface area contributed by atoms with Gasteiger partial charge in [-0.25, -0.2) is 0 Å². The van der Waals surface area contributed by atoms with Crippen LogP contribution in [0, 0.1) is 0 Å². The van der Waals surface area contributed by atoms with E-state index in [1.807, 2.05) is 41.1 Å². The van der Waals surface area contributed by atoms with Crippen molar-refractivity contribution in [3.05, 3.63) is 42.2 Å². The van der Waals surface area contributed by atoms with Crippen LogP contribution in [0.25, 0.3) is 5.52 Å². The quantitative estimate of drug-likeness (QED) is 0.385. The van der Waals surface area contributed by atoms with Gasteiger partial charge >= 0.3 is 0 Å². The summed E-state index contributed by atoms with van der Waals surface area (Å²) in [6, 6.07) is 7.77. The molecule has 0 saturated heterocycles. The summed E-state index contributed by atoms with van der Waals surface area (Å²) in [5, 5.41) is 11.3. The van der Waals surface area contributed by atoms with Crippen LogP contribution in [0.4, 0.5) is 0 Å². The molecule has 0 fully saturated rings. The number of aromatic nitrogens is 1. The summed E-state index contributed by atoms with van der Waals surface area (Å²) in [5.74, 6) is 0. The molecule has 12 heavy (non-hydrogen) atoms. The maximum atomic E-state index is 8.36. The smallest absolute Gasteiger partial charge is 0.0755 e. The van der Waals surface area contributed by atoms with E-state index in [9.17, 15) is 0 Å². The maximum absolute atomic E-state index is 8.36. The van der Waals surface area contributed by atoms with Gasteiger partial charge in [0, 0.05) is 18.0 Å². The van der Waals surface area contributed by atoms with E-state index in [4.69, 9.17) is 5.21 Å². The van der Waals surface area contributed by atoms with Gasteiger partial charge in [0.1, 0.15) is 0 Å². The van der Waals surface area contributed by atoms with Crippen LogP contribution in [0.15, 0.2) is 41.8 Å². The fourth-order valence-electron chi connectivity index (χ4n) is 1.25. The molecule has 0 spiro atoms. The topological polar surface area (TPSA) is 37.0 Å². The van der Waals surface area contributed by atoms with Crippen molar-refractivity contribution in [3.8, 4) is 0 Å². The number of oxime groups is 1. The van der Waals surface area contributed by atoms with E-state index in [2.05, 4.69) is 5.16 Å². The molecule has 0 bridgehead atoms. The van der Waals surface area contributed by atoms with Gasteiger partial charge < -0.3 is 9.61 Å². The summed E-state index contributed by atoms with van der Waals surface area (Å²) < 4.78 is 1.97. The molecular weight excluding hydrogens is 152 g/mol. The van der Waals surface area contributed by atoms with E-state index in [0.29, 0.717) is 0 Å². The summed E-state index contributed by atoms with van der Waals surface area (Å²) in [5.41, 5.74) is 1.95. The van der Waals surface area contributed by atoms with Gasteiger partial charge in [-0.1, -0.05) is 11.2 Å². The predicted molar refractivity (Wildman–Crippen MR) is 46.8 cm³/mol. The van der Waals surface area contributed by atoms with Crippen LogP contribution >= 0.6 is 0 Å². The van der Waals surface area contributed by atoms with Crippen LogP contribution < -0.4 is 0 Å². The summed E-state index contributed by atoms with van der Waals surface area (Å²) in [6.45, 7) is 0. The van der Waals surface area contributed by atoms with Crippen molar-refractivity contribution < 1.29 is 5.21 Å². The van der Waals surface area contributed by atoms with Gasteiger partial charge in [-0.2, -0.15) is 0 Å². The highest BCUT2D eigenvalue weighted by molar-refractivity contribution is 5.89. The van der Waals surface area contributed by atoms with Crippen molar-refractivity contribution in [2.75, 3.05) is 0 Å². The number of fused-ring (bicyclic) bond motifs is 1. The minimum absolute atomic E-state index is 0.915. The molecule has 0 aliphatic carbocycles. The molecule has 0 aromatic carbocycles. The van der Waals surface area contributed by atoms with E-state index in [1.165, 1.54) is 6.21 Å². The van der Waals surface area contributed by atoms with Crippen LogP contribution in [-0.4, -0.2) is 15.8 Å². The Hall–Kier alpha value is -1.77. The van der Waals surface area contributed by atoms with E-state index in [0.717, 1.165) is 11.1 Å². The van der Waals surface area contributed by atoms with Crippen LogP contribution in [0.5, 0.6) is 0 Å². The van der Waals surface area contributed by atoms with Crippen LogP contribution in [0.1, 0.15) is 5.56 Å². The van der Waals surface area contributed by atoms with Crippen LogP contribution in [0.2, 0.25) is 0 Å². The summed E-state index contributed by atoms with van der Waals surface area (Å²) >= 11 is 0. The van der Waals surface area contributed by atoms with E-state index >= 15 is 0 Å². The van der Waals surface area contributed by atoms with Gasteiger partial charge in [-0.15, -0.1) is 0 Å². The van der Waals surface area contributed by atoms with Gasteiger partial charge in [-0.05, 0) is 18.2 Å². The van der Waals surface area contributed by atoms with E-state index in [1.54, 1.807) is 0 Å². The SMILES string of the molecule is O/N=C\c1ccn2ccccc12. The fourth-order valence-corrected chi connectivity index (χ4v) is 1.25. The second kappa shape index (κ2) is 2.70. The lowest BCUT2D eigenvalue weighted by Crippen LogP contribution is -1.82. The van der Waals surface area contributed by atoms with E-state index < -0.39 is 0 Å². The zero-order valence-corrected chi connectivity index (χ0v) is 6.38. The Labute approximate surface area is 69.6 Å². The molecular formula is C9H8N2O. The average Bonchev–Trinajstić information content (AvgIpc) is 2.50. The summed E-state index contributed by atoms with van der Waals surface area (Å²) in [6.07, 6.45) is 5.30. The molecule has 0 unspecified atom stereocenters. The Morgan fingerprint density at radius 1 is 1.25 bits per heavy atom. The van der Waals surface area contributed by atoms with Crippen LogP contribution in [-0.2, 0) is 0 Å². The van der Waals surface area contributed by atoms with Crippen molar-refractivity contribution in [3.63, 3.8) is 0 Å². The number of nitrogens with zero attached hydrogens (tertiary/aromatic N) is 2. The van der Waals surface area contributed by atoms with Crippen molar-refractivity contribution in [2.45, 2.75) is 0 Å². The number of rotatable bonds is 1. The van der Waals surface area contributed by atoms with Gasteiger partial charge in [0.05, 0.1) is 11.7 Å². The first-order valence-corrected chi connectivity index (χ1v) is 3.65. The number of hydrogen-bond donors (Lipinski definition) is 1. The van der Waals surface area contributed by atoms with Crippen molar-refractivity contribution in [1.29, 1.82) is 0 Å². The molecule has 0 radical (unpaired) electrons. The molecule has 0 aliphatic heterocycles. The Morgan fingerprint density at radius 3 is 3.00 bits per heavy atom. The first kappa shape index (κ1) is 6.91. The van der Waals surface area contributed by atoms with Gasteiger partial charge in [-0.3, -0.25) is 0 Å². The average molecular weight is 160 g/mol. The van der Waals surface area contributed by atoms with Crippen molar-refractivity contribution >= 4 is 11.7 Å². The lowest BCUT2D eigenvalue weighted by atomic mass is 10.3. The Kier molecular flexibility index (Phi) is 1.55. The Morgan fingerprint density at radius 2 is 2.17 bits per heavy atom. The Bertz CT molecular complexity index is 417. The molecule has 2 heterocycles. The van der Waals surface area contributed by atoms with Gasteiger partial charge in [0.15, 0.2) is 0 Å². The molecule has 2 rings (SSSR count). The normalized spacial score (nSPS) is 11.3. The molecule has 0 aliphatic rings. The molecule has 60 valence electrons. The lowest BCUT2D eigenvalue weighted by molar-refractivity contribution is 0.322. The zero-order chi connectivity index (χ0) is 8.39. The molecule has 0 saturated carbocycles. The highest BCUT2D eigenvalue weighted by atomic mass is 16.4. The maximum Gasteiger partial charge on any atom is 0.0755 e. The largest absolute Gasteiger partial charge is 0.411 e. The number of pyridine rings is 1. The van der Waals surface area contributed by atoms with Crippen molar-refractivity contribution in [2.24, 2.45) is 5.16 Å². The third-order valence-corrected chi connectivity index (χ3v) is 1.80. The highest BCUT2D eigenvalue weighted by Gasteiger charge is 1.96. The monoisotopic (exact) mass is 160 g/mol. The standard InChI is InChI=1S/C9H8N2O/c12-10-7-8-4-6-11-5-2-1-3-9(8)11/h1-7,12H/b10-7-. The lowest BCUT2D eigenvalue weighted by Gasteiger charge is -1.92. The molecule has 1 N–H and O–H groups in total. The third-order valence-electron chi connectivity index (χ3n) is 1.80. The predicted octanol–water partition coefficient (Wildman–Crippen LogP) is 1.75. The second-order valence-electron chi connectivity index (χ2n) is 2.51. The molecule has 0 amide bonds. The molecule has 2 aromatic rings. The highest BCUT2D eigenvalue weighted by Crippen LogP contribution is 2.09. The molecule has 3 heteroatoms. The van der Waals surface area contributed by atoms with Crippen molar-refractivity contribution in [1.82, 2.24) is 4.40 Å². The third kappa shape index (κ3) is 0.955. The van der Waals surface area contributed by atoms with E-state index in [-0.39, 0.29) is 0 Å². The summed E-state index contributed by atoms with van der Waals surface area (Å²) in [7, 11) is 0. The second-order valence-corrected chi connectivity index (χ2v) is 2.51.